The maximum absolute atomic E-state index is 14.9. The second-order valence-corrected chi connectivity index (χ2v) is 23.1. The molecule has 1 spiro atoms. The Morgan fingerprint density at radius 2 is 1.56 bits per heavy atom. The Balaban J connectivity index is 1.13. The van der Waals surface area contributed by atoms with E-state index in [2.05, 4.69) is 29.0 Å². The number of anilines is 1. The largest absolute Gasteiger partial charge is 0.507 e. The van der Waals surface area contributed by atoms with Crippen LogP contribution in [0.4, 0.5) is 5.69 Å². The van der Waals surface area contributed by atoms with Gasteiger partial charge in [0, 0.05) is 92.8 Å². The number of hydrogen-bond donors (Lipinski definition) is 5. The minimum Gasteiger partial charge on any atom is -0.507 e. The summed E-state index contributed by atoms with van der Waals surface area (Å²) in [5, 5.41) is 51.2. The summed E-state index contributed by atoms with van der Waals surface area (Å²) in [4.78, 5) is 74.5. The monoisotopic (exact) mass is 1040 g/mol. The van der Waals surface area contributed by atoms with Crippen molar-refractivity contribution in [3.63, 3.8) is 0 Å². The number of ether oxygens (including phenoxy) is 3. The first-order valence-corrected chi connectivity index (χ1v) is 27.7. The Morgan fingerprint density at radius 3 is 2.21 bits per heavy atom. The number of esters is 1. The summed E-state index contributed by atoms with van der Waals surface area (Å²) in [6.07, 6.45) is 11.7. The Hall–Kier alpha value is -5.36. The SMILES string of the molecule is CCC(C(=O)O[C@H]1[C@H](C)[C@H](O)[C@H](C)[C@@H](O)[C@@H](C)/C=C/C=C(/C)C(=O)Nc2c(O)c3c(O)c(C)c4c(c3c3c2=NC2(CCN(CC(C)C)CC2)N=3)C(=O)[C@@](C)(O/C=C/C[C@H]1C)O4)C(=O)N1CCC(N2CCCCC2)CC1. The number of hydrogen-bond acceptors (Lipinski definition) is 15. The van der Waals surface area contributed by atoms with Gasteiger partial charge in [0.2, 0.25) is 5.91 Å². The maximum atomic E-state index is 14.9. The number of carbonyl (C=O) groups is 4. The van der Waals surface area contributed by atoms with E-state index >= 15 is 0 Å². The van der Waals surface area contributed by atoms with E-state index in [1.54, 1.807) is 70.7 Å². The molecule has 9 atom stereocenters. The van der Waals surface area contributed by atoms with Crippen molar-refractivity contribution in [3.8, 4) is 17.2 Å². The van der Waals surface area contributed by atoms with Crippen LogP contribution in [0.3, 0.4) is 0 Å². The number of rotatable bonds is 7. The van der Waals surface area contributed by atoms with E-state index in [4.69, 9.17) is 24.2 Å². The van der Waals surface area contributed by atoms with E-state index in [-0.39, 0.29) is 74.1 Å². The number of phenols is 2. The number of nitrogens with one attached hydrogen (secondary N) is 1. The predicted molar refractivity (Wildman–Crippen MR) is 285 cm³/mol. The van der Waals surface area contributed by atoms with E-state index in [1.807, 2.05) is 6.92 Å². The number of Topliss-reactive ketones (excluding diaryl/α,β-unsaturated/α-hetero) is 1. The fourth-order valence-corrected chi connectivity index (χ4v) is 12.4. The summed E-state index contributed by atoms with van der Waals surface area (Å²) in [6, 6.07) is 0.425. The molecule has 17 nitrogen and oxygen atoms in total. The molecule has 1 unspecified atom stereocenters. The van der Waals surface area contributed by atoms with Gasteiger partial charge < -0.3 is 54.7 Å². The number of aliphatic hydroxyl groups excluding tert-OH is 2. The zero-order chi connectivity index (χ0) is 54.3. The molecule has 2 aromatic carbocycles. The number of fused-ring (bicyclic) bond motifs is 13. The number of piperidine rings is 3. The van der Waals surface area contributed by atoms with Gasteiger partial charge in [0.25, 0.3) is 11.7 Å². The number of likely N-dealkylation sites (tertiary alicyclic amines) is 3. The molecule has 2 amide bonds. The third kappa shape index (κ3) is 11.1. The van der Waals surface area contributed by atoms with Crippen molar-refractivity contribution in [3.05, 3.63) is 58.0 Å². The van der Waals surface area contributed by atoms with E-state index < -0.39 is 82.8 Å². The van der Waals surface area contributed by atoms with Crippen molar-refractivity contribution < 1.29 is 53.8 Å². The van der Waals surface area contributed by atoms with E-state index in [0.717, 1.165) is 32.5 Å². The van der Waals surface area contributed by atoms with Crippen LogP contribution in [0, 0.1) is 42.4 Å². The van der Waals surface area contributed by atoms with Crippen LogP contribution in [0.5, 0.6) is 17.2 Å². The van der Waals surface area contributed by atoms with Crippen LogP contribution in [0.2, 0.25) is 0 Å². The molecule has 5 bridgehead atoms. The molecule has 7 aliphatic rings. The average molecular weight is 1040 g/mol. The lowest BCUT2D eigenvalue weighted by Gasteiger charge is -2.41. The highest BCUT2D eigenvalue weighted by molar-refractivity contribution is 6.19. The molecule has 0 saturated carbocycles. The Morgan fingerprint density at radius 1 is 0.893 bits per heavy atom. The number of phenolic OH excluding ortho intramolecular Hbond substituents is 2. The standard InChI is InChI=1S/C58H82N6O11/c1-11-40(55(71)64-26-20-39(21-27-64)63-24-13-12-14-25-63)56(72)74-51-34(5)19-16-30-73-57(10)53(69)43-41-42(49(67)38(9)52(43)75-57)50(68)46(45-44(41)60-58(61-45)22-28-62(29-23-58)31-32(2)3)59-54(70)35(6)18-15-17-33(4)47(65)36(7)48(66)37(51)8/h15-18,30,32-34,36-37,39-40,47-48,51,65-68H,11-14,19-29,31H2,1-10H3,(H,59,70)/b17-15+,30-16+,35-18-/t33-,34+,36+,37+,40?,47-,48+,51+,57-/m0/s1. The zero-order valence-corrected chi connectivity index (χ0v) is 45.9. The molecule has 3 saturated heterocycles. The van der Waals surface area contributed by atoms with Crippen molar-refractivity contribution >= 4 is 40.0 Å². The van der Waals surface area contributed by atoms with Gasteiger partial charge >= 0.3 is 11.8 Å². The summed E-state index contributed by atoms with van der Waals surface area (Å²) in [5.41, 5.74) is -0.571. The molecular formula is C58H82N6O11. The number of aromatic hydroxyl groups is 2. The molecule has 7 heterocycles. The van der Waals surface area contributed by atoms with Crippen LogP contribution in [-0.2, 0) is 23.9 Å². The van der Waals surface area contributed by atoms with Crippen molar-refractivity contribution in [2.45, 2.75) is 163 Å². The van der Waals surface area contributed by atoms with Crippen molar-refractivity contribution in [1.82, 2.24) is 14.7 Å². The normalized spacial score (nSPS) is 31.2. The van der Waals surface area contributed by atoms with Gasteiger partial charge in [-0.15, -0.1) is 0 Å². The molecular weight excluding hydrogens is 957 g/mol. The van der Waals surface area contributed by atoms with Crippen LogP contribution < -0.4 is 20.8 Å². The first kappa shape index (κ1) is 55.9. The van der Waals surface area contributed by atoms with Crippen LogP contribution in [0.1, 0.15) is 136 Å². The third-order valence-electron chi connectivity index (χ3n) is 17.1. The van der Waals surface area contributed by atoms with Crippen LogP contribution in [-0.4, -0.2) is 140 Å². The van der Waals surface area contributed by atoms with Crippen LogP contribution in [0.15, 0.2) is 46.1 Å². The molecule has 0 aliphatic carbocycles. The molecule has 75 heavy (non-hydrogen) atoms. The van der Waals surface area contributed by atoms with Gasteiger partial charge in [-0.1, -0.05) is 73.1 Å². The minimum absolute atomic E-state index is 0.0459. The molecule has 410 valence electrons. The number of ketones is 1. The van der Waals surface area contributed by atoms with Crippen LogP contribution in [0.25, 0.3) is 10.8 Å². The zero-order valence-electron chi connectivity index (χ0n) is 45.9. The van der Waals surface area contributed by atoms with Gasteiger partial charge in [0.1, 0.15) is 34.6 Å². The minimum atomic E-state index is -1.95. The van der Waals surface area contributed by atoms with Crippen molar-refractivity contribution in [1.29, 1.82) is 0 Å². The number of amides is 2. The summed E-state index contributed by atoms with van der Waals surface area (Å²) in [5.74, 6) is -7.87. The van der Waals surface area contributed by atoms with Crippen LogP contribution >= 0.6 is 0 Å². The van der Waals surface area contributed by atoms with Crippen molar-refractivity contribution in [2.24, 2.45) is 45.5 Å². The first-order valence-electron chi connectivity index (χ1n) is 27.7. The molecule has 5 N–H and O–H groups in total. The van der Waals surface area contributed by atoms with Gasteiger partial charge in [-0.25, -0.2) is 0 Å². The fraction of sp³-hybridized carbons (Fsp3) is 0.655. The number of nitrogens with zero attached hydrogens (tertiary/aromatic N) is 5. The molecule has 0 radical (unpaired) electrons. The average Bonchev–Trinajstić information content (AvgIpc) is 3.90. The lowest BCUT2D eigenvalue weighted by molar-refractivity contribution is -0.169. The topological polar surface area (TPSA) is 223 Å². The number of carbonyl (C=O) groups excluding carboxylic acids is 4. The highest BCUT2D eigenvalue weighted by Crippen LogP contribution is 2.50. The van der Waals surface area contributed by atoms with Crippen molar-refractivity contribution in [2.75, 3.05) is 51.1 Å². The lowest BCUT2D eigenvalue weighted by Crippen LogP contribution is -2.51. The Labute approximate surface area is 441 Å². The smallest absolute Gasteiger partial charge is 0.318 e. The third-order valence-corrected chi connectivity index (χ3v) is 17.1. The van der Waals surface area contributed by atoms with E-state index in [0.29, 0.717) is 51.0 Å². The molecule has 3 fully saturated rings. The maximum Gasteiger partial charge on any atom is 0.318 e. The summed E-state index contributed by atoms with van der Waals surface area (Å²) in [6.45, 7) is 23.5. The molecule has 17 heteroatoms. The second-order valence-electron chi connectivity index (χ2n) is 23.1. The van der Waals surface area contributed by atoms with Gasteiger partial charge in [-0.05, 0) is 83.4 Å². The molecule has 0 aromatic heterocycles. The van der Waals surface area contributed by atoms with E-state index in [1.165, 1.54) is 32.4 Å². The number of aliphatic hydroxyl groups is 2. The highest BCUT2D eigenvalue weighted by Gasteiger charge is 2.50. The first-order chi connectivity index (χ1) is 35.6. The molecule has 7 aliphatic heterocycles. The number of allylic oxidation sites excluding steroid dienone is 3. The van der Waals surface area contributed by atoms with Gasteiger partial charge in [0.05, 0.1) is 34.8 Å². The number of benzene rings is 2. The molecule has 9 rings (SSSR count). The second kappa shape index (κ2) is 22.7. The highest BCUT2D eigenvalue weighted by atomic mass is 16.7. The van der Waals surface area contributed by atoms with Gasteiger partial charge in [-0.2, -0.15) is 0 Å². The fourth-order valence-electron chi connectivity index (χ4n) is 12.4. The summed E-state index contributed by atoms with van der Waals surface area (Å²) >= 11 is 0. The molecule has 2 aromatic rings. The Bertz CT molecular complexity index is 2730. The quantitative estimate of drug-likeness (QED) is 0.112. The Kier molecular flexibility index (Phi) is 16.9. The summed E-state index contributed by atoms with van der Waals surface area (Å²) < 4.78 is 18.9. The lowest BCUT2D eigenvalue weighted by atomic mass is 9.79. The van der Waals surface area contributed by atoms with Gasteiger partial charge in [-0.3, -0.25) is 29.2 Å². The predicted octanol–water partition coefficient (Wildman–Crippen LogP) is 6.61. The van der Waals surface area contributed by atoms with Gasteiger partial charge in [0.15, 0.2) is 11.4 Å². The summed E-state index contributed by atoms with van der Waals surface area (Å²) in [7, 11) is 0. The van der Waals surface area contributed by atoms with E-state index in [9.17, 15) is 39.6 Å².